The molecule has 152 valence electrons. The highest BCUT2D eigenvalue weighted by Gasteiger charge is 2.32. The molecule has 1 atom stereocenters. The van der Waals surface area contributed by atoms with E-state index in [4.69, 9.17) is 21.1 Å². The Kier molecular flexibility index (Phi) is 5.23. The summed E-state index contributed by atoms with van der Waals surface area (Å²) in [6.45, 7) is 0.763. The molecule has 6 nitrogen and oxygen atoms in total. The van der Waals surface area contributed by atoms with E-state index in [9.17, 15) is 4.79 Å². The molecule has 0 aliphatic carbocycles. The van der Waals surface area contributed by atoms with E-state index in [0.29, 0.717) is 29.6 Å². The summed E-state index contributed by atoms with van der Waals surface area (Å²) in [6, 6.07) is 15.4. The van der Waals surface area contributed by atoms with Gasteiger partial charge in [-0.1, -0.05) is 28.9 Å². The number of amides is 1. The summed E-state index contributed by atoms with van der Waals surface area (Å²) in [5, 5.41) is 5.69. The number of thiazole rings is 1. The van der Waals surface area contributed by atoms with Gasteiger partial charge < -0.3 is 9.42 Å². The molecule has 5 rings (SSSR count). The lowest BCUT2D eigenvalue weighted by Gasteiger charge is -2.22. The van der Waals surface area contributed by atoms with E-state index in [0.717, 1.165) is 40.2 Å². The highest BCUT2D eigenvalue weighted by atomic mass is 35.5. The monoisotopic (exact) mass is 438 g/mol. The molecule has 2 aromatic heterocycles. The van der Waals surface area contributed by atoms with Crippen molar-refractivity contribution < 1.29 is 9.32 Å². The van der Waals surface area contributed by atoms with Gasteiger partial charge in [0.1, 0.15) is 5.01 Å². The minimum absolute atomic E-state index is 0.0576. The topological polar surface area (TPSA) is 72.1 Å². The van der Waals surface area contributed by atoms with E-state index in [1.165, 1.54) is 0 Å². The van der Waals surface area contributed by atoms with Crippen LogP contribution in [0.2, 0.25) is 5.02 Å². The number of carbonyl (C=O) groups excluding carboxylic acids is 1. The molecule has 2 aromatic carbocycles. The zero-order valence-corrected chi connectivity index (χ0v) is 17.7. The van der Waals surface area contributed by atoms with Gasteiger partial charge in [0.15, 0.2) is 0 Å². The van der Waals surface area contributed by atoms with E-state index < -0.39 is 0 Å². The molecule has 8 heteroatoms. The van der Waals surface area contributed by atoms with Crippen molar-refractivity contribution in [1.82, 2.24) is 20.0 Å². The first-order chi connectivity index (χ1) is 14.7. The van der Waals surface area contributed by atoms with Gasteiger partial charge >= 0.3 is 0 Å². The van der Waals surface area contributed by atoms with Crippen molar-refractivity contribution in [3.05, 3.63) is 64.5 Å². The van der Waals surface area contributed by atoms with E-state index in [1.807, 2.05) is 35.2 Å². The number of aryl methyl sites for hydroxylation is 1. The van der Waals surface area contributed by atoms with Crippen LogP contribution in [-0.4, -0.2) is 32.5 Å². The third kappa shape index (κ3) is 3.82. The number of carbonyl (C=O) groups is 1. The molecular weight excluding hydrogens is 420 g/mol. The number of fused-ring (bicyclic) bond motifs is 1. The molecule has 1 saturated heterocycles. The lowest BCUT2D eigenvalue weighted by Crippen LogP contribution is -2.30. The van der Waals surface area contributed by atoms with Crippen molar-refractivity contribution in [2.75, 3.05) is 6.54 Å². The Morgan fingerprint density at radius 1 is 1.17 bits per heavy atom. The molecule has 3 heterocycles. The standard InChI is InChI=1S/C22H19ClN4O2S/c23-15-9-7-14(8-10-15)21-25-19(29-26-21)11-12-20(28)27-13-3-5-17(27)22-24-16-4-1-2-6-18(16)30-22/h1-2,4,6-10,17H,3,5,11-13H2/t17-/m1/s1. The molecule has 4 aromatic rings. The molecule has 0 unspecified atom stereocenters. The zero-order chi connectivity index (χ0) is 20.5. The van der Waals surface area contributed by atoms with Crippen molar-refractivity contribution in [1.29, 1.82) is 0 Å². The number of benzene rings is 2. The lowest BCUT2D eigenvalue weighted by molar-refractivity contribution is -0.132. The first kappa shape index (κ1) is 19.2. The molecular formula is C22H19ClN4O2S. The first-order valence-electron chi connectivity index (χ1n) is 9.91. The first-order valence-corrected chi connectivity index (χ1v) is 11.1. The van der Waals surface area contributed by atoms with Crippen LogP contribution in [0, 0.1) is 0 Å². The van der Waals surface area contributed by atoms with Gasteiger partial charge in [-0.3, -0.25) is 4.79 Å². The molecule has 0 radical (unpaired) electrons. The van der Waals surface area contributed by atoms with Crippen LogP contribution in [0.5, 0.6) is 0 Å². The van der Waals surface area contributed by atoms with Gasteiger partial charge in [0.05, 0.1) is 16.3 Å². The van der Waals surface area contributed by atoms with Crippen molar-refractivity contribution in [3.63, 3.8) is 0 Å². The maximum atomic E-state index is 12.9. The predicted octanol–water partition coefficient (Wildman–Crippen LogP) is 5.30. The fourth-order valence-electron chi connectivity index (χ4n) is 3.78. The van der Waals surface area contributed by atoms with Crippen LogP contribution in [0.15, 0.2) is 53.1 Å². The van der Waals surface area contributed by atoms with Gasteiger partial charge in [0.25, 0.3) is 0 Å². The van der Waals surface area contributed by atoms with E-state index in [2.05, 4.69) is 16.2 Å². The molecule has 1 aliphatic rings. The third-order valence-corrected chi connectivity index (χ3v) is 6.68. The number of halogens is 1. The Bertz CT molecular complexity index is 1150. The van der Waals surface area contributed by atoms with Crippen LogP contribution in [-0.2, 0) is 11.2 Å². The second-order valence-electron chi connectivity index (χ2n) is 7.28. The van der Waals surface area contributed by atoms with Crippen LogP contribution in [0.1, 0.15) is 36.2 Å². The average Bonchev–Trinajstić information content (AvgIpc) is 3.51. The molecule has 0 saturated carbocycles. The number of para-hydroxylation sites is 1. The lowest BCUT2D eigenvalue weighted by atomic mass is 10.2. The SMILES string of the molecule is O=C(CCc1nc(-c2ccc(Cl)cc2)no1)N1CCC[C@@H]1c1nc2ccccc2s1. The summed E-state index contributed by atoms with van der Waals surface area (Å²) in [4.78, 5) is 24.1. The van der Waals surface area contributed by atoms with Crippen LogP contribution < -0.4 is 0 Å². The second kappa shape index (κ2) is 8.16. The number of hydrogen-bond donors (Lipinski definition) is 0. The molecule has 1 fully saturated rings. The highest BCUT2D eigenvalue weighted by Crippen LogP contribution is 2.36. The summed E-state index contributed by atoms with van der Waals surface area (Å²) >= 11 is 7.60. The quantitative estimate of drug-likeness (QED) is 0.423. The highest BCUT2D eigenvalue weighted by molar-refractivity contribution is 7.18. The van der Waals surface area contributed by atoms with Crippen LogP contribution in [0.3, 0.4) is 0 Å². The van der Waals surface area contributed by atoms with Gasteiger partial charge in [-0.25, -0.2) is 4.98 Å². The van der Waals surface area contributed by atoms with E-state index in [1.54, 1.807) is 23.5 Å². The Morgan fingerprint density at radius 2 is 2.00 bits per heavy atom. The van der Waals surface area contributed by atoms with Crippen LogP contribution in [0.4, 0.5) is 0 Å². The maximum absolute atomic E-state index is 12.9. The largest absolute Gasteiger partial charge is 0.339 e. The maximum Gasteiger partial charge on any atom is 0.227 e. The third-order valence-electron chi connectivity index (χ3n) is 5.29. The smallest absolute Gasteiger partial charge is 0.227 e. The molecule has 0 N–H and O–H groups in total. The minimum Gasteiger partial charge on any atom is -0.339 e. The number of rotatable bonds is 5. The summed E-state index contributed by atoms with van der Waals surface area (Å²) in [5.41, 5.74) is 1.83. The van der Waals surface area contributed by atoms with Gasteiger partial charge in [0.2, 0.25) is 17.6 Å². The van der Waals surface area contributed by atoms with Gasteiger partial charge in [0, 0.05) is 30.0 Å². The molecule has 0 bridgehead atoms. The number of nitrogens with zero attached hydrogens (tertiary/aromatic N) is 4. The van der Waals surface area contributed by atoms with Gasteiger partial charge in [-0.15, -0.1) is 11.3 Å². The Morgan fingerprint density at radius 3 is 2.83 bits per heavy atom. The van der Waals surface area contributed by atoms with Crippen LogP contribution in [0.25, 0.3) is 21.6 Å². The number of aromatic nitrogens is 3. The zero-order valence-electron chi connectivity index (χ0n) is 16.1. The summed E-state index contributed by atoms with van der Waals surface area (Å²) < 4.78 is 6.50. The molecule has 1 amide bonds. The predicted molar refractivity (Wildman–Crippen MR) is 116 cm³/mol. The number of likely N-dealkylation sites (tertiary alicyclic amines) is 1. The normalized spacial score (nSPS) is 16.4. The molecule has 1 aliphatic heterocycles. The van der Waals surface area contributed by atoms with Crippen molar-refractivity contribution in [2.24, 2.45) is 0 Å². The minimum atomic E-state index is 0.0576. The second-order valence-corrected chi connectivity index (χ2v) is 8.78. The van der Waals surface area contributed by atoms with Crippen molar-refractivity contribution in [2.45, 2.75) is 31.7 Å². The summed E-state index contributed by atoms with van der Waals surface area (Å²) in [5.74, 6) is 1.06. The van der Waals surface area contributed by atoms with Crippen LogP contribution >= 0.6 is 22.9 Å². The van der Waals surface area contributed by atoms with E-state index in [-0.39, 0.29) is 11.9 Å². The van der Waals surface area contributed by atoms with Crippen molar-refractivity contribution >= 4 is 39.1 Å². The van der Waals surface area contributed by atoms with E-state index >= 15 is 0 Å². The molecule has 30 heavy (non-hydrogen) atoms. The fourth-order valence-corrected chi connectivity index (χ4v) is 5.03. The number of hydrogen-bond acceptors (Lipinski definition) is 6. The Balaban J connectivity index is 1.25. The fraction of sp³-hybridized carbons (Fsp3) is 0.273. The van der Waals surface area contributed by atoms with Gasteiger partial charge in [-0.05, 0) is 49.2 Å². The van der Waals surface area contributed by atoms with Gasteiger partial charge in [-0.2, -0.15) is 4.98 Å². The summed E-state index contributed by atoms with van der Waals surface area (Å²) in [7, 11) is 0. The molecule has 0 spiro atoms. The van der Waals surface area contributed by atoms with Crippen molar-refractivity contribution in [3.8, 4) is 11.4 Å². The Hall–Kier alpha value is -2.77. The average molecular weight is 439 g/mol. The summed E-state index contributed by atoms with van der Waals surface area (Å²) in [6.07, 6.45) is 2.70. The Labute approximate surface area is 182 Å².